The number of hydrogen-bond donors (Lipinski definition) is 6. The molecular weight excluding hydrogens is 1740 g/mol. The third-order valence-electron chi connectivity index (χ3n) is 19.5. The van der Waals surface area contributed by atoms with Gasteiger partial charge in [-0.15, -0.1) is 0 Å². The number of fused-ring (bicyclic) bond motifs is 2. The van der Waals surface area contributed by atoms with Crippen LogP contribution in [-0.2, 0) is 40.7 Å². The number of phenols is 1. The Morgan fingerprint density at radius 1 is 0.673 bits per heavy atom. The van der Waals surface area contributed by atoms with Gasteiger partial charge in [0.25, 0.3) is 0 Å². The number of carbonyl (C=O) groups is 3. The van der Waals surface area contributed by atoms with E-state index in [1.165, 1.54) is 39.0 Å². The van der Waals surface area contributed by atoms with Gasteiger partial charge in [-0.3, -0.25) is 4.79 Å². The maximum atomic E-state index is 11.8. The van der Waals surface area contributed by atoms with Crippen molar-refractivity contribution in [2.75, 3.05) is 0 Å². The molecule has 14 nitrogen and oxygen atoms in total. The number of carboxylic acid groups (broad SMARTS) is 3. The SMILES string of the molecule is C=CC1=C(C)/C2=C/c3c(C=C)c(C)c4[n]3[Fe]([Cl])[n]3/c(c(C)c(CCC(=O)O)/c3=C/C3=NC(=C\4)/C(C)=C3CCC(=O)O)=C\C1=N2.CC1=C[C@H](O)CC(C)(C)[C@H]1/C=C/C(C)=C/C=C/C(C)=C/C=C/C=C(C)/C=C/C=C(C)/C=C/C1=C(C)C[C@@H](O)CC1(C)C.O=C(O)Cc1cc(I)c(Oc2ccc(O)c(I)c2)c(I)c1. The summed E-state index contributed by atoms with van der Waals surface area (Å²) in [5.74, 6) is -0.769. The van der Waals surface area contributed by atoms with Crippen molar-refractivity contribution in [3.63, 3.8) is 0 Å². The molecule has 4 aliphatic heterocycles. The van der Waals surface area contributed by atoms with Gasteiger partial charge in [0.2, 0.25) is 0 Å². The first kappa shape index (κ1) is 85.2. The van der Waals surface area contributed by atoms with Crippen molar-refractivity contribution in [2.24, 2.45) is 26.7 Å². The minimum Gasteiger partial charge on any atom is -0.507 e. The van der Waals surface area contributed by atoms with E-state index in [1.807, 2.05) is 86.7 Å². The van der Waals surface area contributed by atoms with Gasteiger partial charge in [0.1, 0.15) is 11.5 Å². The van der Waals surface area contributed by atoms with Crippen molar-refractivity contribution in [3.8, 4) is 17.2 Å². The number of ether oxygens (including phenoxy) is 1. The molecule has 3 atom stereocenters. The van der Waals surface area contributed by atoms with Crippen molar-refractivity contribution >= 4 is 138 Å². The number of aliphatic hydroxyl groups is 2. The molecule has 0 saturated heterocycles. The zero-order valence-electron chi connectivity index (χ0n) is 63.3. The molecule has 107 heavy (non-hydrogen) atoms. The number of benzene rings is 2. The first-order valence-electron chi connectivity index (χ1n) is 35.4. The molecular formula is C88H97ClFeI3N4O10. The Morgan fingerprint density at radius 3 is 1.82 bits per heavy atom. The van der Waals surface area contributed by atoms with Crippen molar-refractivity contribution in [2.45, 2.75) is 161 Å². The van der Waals surface area contributed by atoms with Crippen LogP contribution in [0.1, 0.15) is 161 Å². The summed E-state index contributed by atoms with van der Waals surface area (Å²) in [5, 5.41) is 59.3. The molecule has 19 heteroatoms. The Kier molecular flexibility index (Phi) is 29.7. The molecule has 6 bridgehead atoms. The predicted molar refractivity (Wildman–Crippen MR) is 461 cm³/mol. The van der Waals surface area contributed by atoms with Gasteiger partial charge in [-0.1, -0.05) is 152 Å². The summed E-state index contributed by atoms with van der Waals surface area (Å²) in [7, 11) is 7.69. The molecule has 6 aliphatic rings. The van der Waals surface area contributed by atoms with Crippen LogP contribution in [0.5, 0.6) is 17.2 Å². The Bertz CT molecular complexity index is 4950. The van der Waals surface area contributed by atoms with Crippen LogP contribution in [0.2, 0.25) is 0 Å². The van der Waals surface area contributed by atoms with Crippen LogP contribution in [0.25, 0.3) is 30.4 Å². The Morgan fingerprint density at radius 2 is 1.24 bits per heavy atom. The molecule has 0 unspecified atom stereocenters. The summed E-state index contributed by atoms with van der Waals surface area (Å²) >= 11 is 4.38. The normalized spacial score (nSPS) is 21.2. The van der Waals surface area contributed by atoms with Gasteiger partial charge in [-0.25, -0.2) is 0 Å². The molecule has 4 aromatic rings. The van der Waals surface area contributed by atoms with Crippen LogP contribution in [0.3, 0.4) is 0 Å². The van der Waals surface area contributed by atoms with Crippen LogP contribution in [0.4, 0.5) is 0 Å². The van der Waals surface area contributed by atoms with Crippen molar-refractivity contribution in [3.05, 3.63) is 274 Å². The van der Waals surface area contributed by atoms with Crippen LogP contribution in [-0.4, -0.2) is 79.3 Å². The zero-order chi connectivity index (χ0) is 78.7. The fraction of sp³-hybridized carbons (Fsp3) is 0.307. The van der Waals surface area contributed by atoms with Gasteiger partial charge >= 0.3 is 271 Å². The van der Waals surface area contributed by atoms with E-state index in [2.05, 4.69) is 226 Å². The van der Waals surface area contributed by atoms with Gasteiger partial charge in [0.15, 0.2) is 5.75 Å². The Hall–Kier alpha value is -7.41. The summed E-state index contributed by atoms with van der Waals surface area (Å²) in [4.78, 5) is 44.3. The Balaban J connectivity index is 0.000000215. The molecule has 6 heterocycles. The van der Waals surface area contributed by atoms with E-state index in [4.69, 9.17) is 29.9 Å². The second-order valence-corrected chi connectivity index (χ2v) is 35.0. The largest absolute Gasteiger partial charge is 0.507 e. The minimum atomic E-state index is -1.91. The summed E-state index contributed by atoms with van der Waals surface area (Å²) in [6, 6.07) is 8.62. The predicted octanol–water partition coefficient (Wildman–Crippen LogP) is 20.5. The summed E-state index contributed by atoms with van der Waals surface area (Å²) in [5.41, 5.74) is 21.6. The van der Waals surface area contributed by atoms with Crippen LogP contribution < -0.4 is 15.4 Å². The maximum Gasteiger partial charge on any atom is 0.307 e. The quantitative estimate of drug-likeness (QED) is 0.0189. The van der Waals surface area contributed by atoms with E-state index in [0.717, 1.165) is 116 Å². The monoisotopic (exact) mass is 1840 g/mol. The number of hydrogen-bond acceptors (Lipinski definition) is 9. The fourth-order valence-electron chi connectivity index (χ4n) is 14.1. The molecule has 10 rings (SSSR count). The summed E-state index contributed by atoms with van der Waals surface area (Å²) < 4.78 is 12.5. The van der Waals surface area contributed by atoms with E-state index in [0.29, 0.717) is 33.1 Å². The van der Waals surface area contributed by atoms with E-state index in [1.54, 1.807) is 30.3 Å². The third-order valence-corrected chi connectivity index (χ3v) is 24.9. The van der Waals surface area contributed by atoms with Crippen molar-refractivity contribution in [1.82, 2.24) is 7.17 Å². The van der Waals surface area contributed by atoms with E-state index >= 15 is 0 Å². The fourth-order valence-corrected chi connectivity index (χ4v) is 19.8. The van der Waals surface area contributed by atoms with Crippen LogP contribution in [0.15, 0.2) is 223 Å². The molecule has 0 amide bonds. The van der Waals surface area contributed by atoms with Gasteiger partial charge in [-0.05, 0) is 181 Å². The molecule has 565 valence electrons. The first-order chi connectivity index (χ1) is 50.4. The van der Waals surface area contributed by atoms with Crippen LogP contribution >= 0.6 is 77.9 Å². The van der Waals surface area contributed by atoms with Crippen molar-refractivity contribution < 1.29 is 63.2 Å². The summed E-state index contributed by atoms with van der Waals surface area (Å²) in [6.45, 7) is 37.9. The smallest absolute Gasteiger partial charge is 0.307 e. The average molecular weight is 1840 g/mol. The number of phenolic OH excluding ortho intramolecular Hbond substituents is 1. The topological polar surface area (TPSA) is 216 Å². The zero-order valence-corrected chi connectivity index (χ0v) is 71.6. The number of aromatic hydroxyl groups is 1. The van der Waals surface area contributed by atoms with Gasteiger partial charge < -0.3 is 25.2 Å². The van der Waals surface area contributed by atoms with Gasteiger partial charge in [0, 0.05) is 5.92 Å². The van der Waals surface area contributed by atoms with E-state index in [9.17, 15) is 39.9 Å². The third kappa shape index (κ3) is 21.6. The Labute approximate surface area is 680 Å². The van der Waals surface area contributed by atoms with E-state index < -0.39 is 31.3 Å². The van der Waals surface area contributed by atoms with Gasteiger partial charge in [-0.2, -0.15) is 0 Å². The van der Waals surface area contributed by atoms with Crippen LogP contribution in [0, 0.1) is 41.3 Å². The van der Waals surface area contributed by atoms with Gasteiger partial charge in [0.05, 0.1) is 29.3 Å². The molecule has 0 radical (unpaired) electrons. The number of aromatic nitrogens is 2. The number of allylic oxidation sites excluding steroid dienone is 25. The molecule has 2 aromatic carbocycles. The number of aliphatic imine (C=N–C) groups is 2. The average Bonchev–Trinajstić information content (AvgIpc) is 1.57. The molecule has 0 spiro atoms. The summed E-state index contributed by atoms with van der Waals surface area (Å²) in [6.07, 6.45) is 46.0. The molecule has 0 fully saturated rings. The molecule has 0 saturated carbocycles. The number of rotatable bonds is 22. The standard InChI is InChI=1S/C40H56O2.C34H34N4O4.C14H9I3O4.ClH.Fe/c1-29(17-13-19-31(3)21-23-37-33(5)25-35(41)27-39(37,7)8)15-11-12-16-30(2)18-14-20-32(4)22-24-38-34(6)26-36(42)28-40(38,9)10;1-7-21-17(3)25-13-26-19(5)23(9-11-33(39)40)31(37-26)16-32-24(10-12-34(41)42)20(6)28(38-32)15-30-22(8-2)18(4)27(36-30)14-29(21)35-25;15-9-6-8(1-2-12(9)18)21-14-10(16)3-7(4-11(14)17)5-13(19)20;;/h11-25,35-37,41-42H,26-28H2,1-10H3;7-8,13-16H,1-2,9-12H2,3-6H3,(H4,35,36,37,38,39,40,41,42);1-4,6,18H,5H2,(H,19,20);1H;/q;;;;+3/p-3/b12-11+,17-13+,18-14+,23-21+,24-22+,29-15+,30-16+,31-19+,32-20+;25-13?,26-13-,27-14-,28-15-,29-14?,30-15?,31-16?,32-16-;;;/t35-,36+,37-;;;;/m0..../s1. The number of nitrogens with zero attached hydrogens (tertiary/aromatic N) is 4. The molecule has 6 N–H and O–H groups in total. The van der Waals surface area contributed by atoms with E-state index in [-0.39, 0.29) is 54.5 Å². The maximum absolute atomic E-state index is 11.8. The van der Waals surface area contributed by atoms with Crippen molar-refractivity contribution in [1.29, 1.82) is 0 Å². The number of aliphatic hydroxyl groups excluding tert-OH is 2. The molecule has 2 aliphatic carbocycles. The number of halogens is 4. The number of carboxylic acids is 3. The number of aliphatic carboxylic acids is 3. The minimum absolute atomic E-state index is 0.00528. The first-order valence-corrected chi connectivity index (χ1v) is 41.1. The second-order valence-electron chi connectivity index (χ2n) is 29.0. The second kappa shape index (κ2) is 37.3. The molecule has 2 aromatic heterocycles.